The number of carbonyl (C=O) groups excluding carboxylic acids is 1. The molecule has 0 spiro atoms. The number of carbonyl (C=O) groups is 1. The van der Waals surface area contributed by atoms with Crippen LogP contribution in [-0.4, -0.2) is 36.6 Å². The van der Waals surface area contributed by atoms with Crippen LogP contribution in [0.2, 0.25) is 0 Å². The van der Waals surface area contributed by atoms with Crippen LogP contribution >= 0.6 is 0 Å². The summed E-state index contributed by atoms with van der Waals surface area (Å²) in [5.74, 6) is 1.57. The number of aromatic amines is 1. The van der Waals surface area contributed by atoms with Crippen LogP contribution in [-0.2, 0) is 17.6 Å². The molecule has 1 aliphatic rings. The Morgan fingerprint density at radius 1 is 1.00 bits per heavy atom. The third-order valence-corrected chi connectivity index (χ3v) is 6.59. The standard InChI is InChI=1S/C28H28N2O3/c1-32-25-16-20-14-15-30(27(31)13-12-21-18-29-24-11-7-6-10-22(21)24)28(19-8-4-3-5-9-19)23(20)17-26(25)33-2/h3-11,16-18,28-29H,12-15H2,1-2H3/t28-/m1/s1. The molecule has 1 N–H and O–H groups in total. The van der Waals surface area contributed by atoms with Gasteiger partial charge in [-0.05, 0) is 53.3 Å². The first-order valence-corrected chi connectivity index (χ1v) is 11.3. The van der Waals surface area contributed by atoms with E-state index in [2.05, 4.69) is 35.3 Å². The van der Waals surface area contributed by atoms with E-state index in [1.54, 1.807) is 14.2 Å². The molecule has 5 nitrogen and oxygen atoms in total. The van der Waals surface area contributed by atoms with Gasteiger partial charge in [-0.1, -0.05) is 48.5 Å². The van der Waals surface area contributed by atoms with Gasteiger partial charge in [0, 0.05) is 30.1 Å². The first-order chi connectivity index (χ1) is 16.2. The van der Waals surface area contributed by atoms with Crippen LogP contribution in [0.1, 0.15) is 34.7 Å². The fraction of sp³-hybridized carbons (Fsp3) is 0.250. The highest BCUT2D eigenvalue weighted by atomic mass is 16.5. The maximum atomic E-state index is 13.6. The number of hydrogen-bond acceptors (Lipinski definition) is 3. The number of rotatable bonds is 6. The van der Waals surface area contributed by atoms with Crippen molar-refractivity contribution in [1.29, 1.82) is 0 Å². The van der Waals surface area contributed by atoms with Crippen molar-refractivity contribution in [1.82, 2.24) is 9.88 Å². The van der Waals surface area contributed by atoms with Gasteiger partial charge in [0.15, 0.2) is 11.5 Å². The van der Waals surface area contributed by atoms with Crippen molar-refractivity contribution in [2.45, 2.75) is 25.3 Å². The third-order valence-electron chi connectivity index (χ3n) is 6.59. The van der Waals surface area contributed by atoms with E-state index in [4.69, 9.17) is 9.47 Å². The Bertz CT molecular complexity index is 1280. The first-order valence-electron chi connectivity index (χ1n) is 11.3. The molecule has 1 amide bonds. The molecule has 3 aromatic carbocycles. The molecule has 1 aromatic heterocycles. The lowest BCUT2D eigenvalue weighted by Gasteiger charge is -2.38. The van der Waals surface area contributed by atoms with E-state index in [0.717, 1.165) is 28.8 Å². The second-order valence-electron chi connectivity index (χ2n) is 8.42. The predicted molar refractivity (Wildman–Crippen MR) is 130 cm³/mol. The van der Waals surface area contributed by atoms with E-state index in [1.807, 2.05) is 47.5 Å². The molecule has 1 aliphatic heterocycles. The smallest absolute Gasteiger partial charge is 0.223 e. The maximum absolute atomic E-state index is 13.6. The van der Waals surface area contributed by atoms with Gasteiger partial charge in [0.1, 0.15) is 0 Å². The number of para-hydroxylation sites is 1. The number of aromatic nitrogens is 1. The van der Waals surface area contributed by atoms with Crippen molar-refractivity contribution in [2.24, 2.45) is 0 Å². The number of benzene rings is 3. The number of nitrogens with one attached hydrogen (secondary N) is 1. The monoisotopic (exact) mass is 440 g/mol. The Morgan fingerprint density at radius 3 is 2.52 bits per heavy atom. The zero-order valence-corrected chi connectivity index (χ0v) is 19.0. The molecule has 1 atom stereocenters. The molecule has 0 saturated heterocycles. The molecular weight excluding hydrogens is 412 g/mol. The van der Waals surface area contributed by atoms with Crippen molar-refractivity contribution in [3.63, 3.8) is 0 Å². The molecule has 33 heavy (non-hydrogen) atoms. The third kappa shape index (κ3) is 3.95. The van der Waals surface area contributed by atoms with Gasteiger partial charge < -0.3 is 19.4 Å². The van der Waals surface area contributed by atoms with Crippen LogP contribution in [0.4, 0.5) is 0 Å². The van der Waals surface area contributed by atoms with Crippen molar-refractivity contribution < 1.29 is 14.3 Å². The second kappa shape index (κ2) is 9.02. The lowest BCUT2D eigenvalue weighted by atomic mass is 9.87. The Hall–Kier alpha value is -3.73. The Morgan fingerprint density at radius 2 is 1.73 bits per heavy atom. The largest absolute Gasteiger partial charge is 0.493 e. The number of aryl methyl sites for hydroxylation is 1. The van der Waals surface area contributed by atoms with Gasteiger partial charge in [0.25, 0.3) is 0 Å². The normalized spacial score (nSPS) is 15.3. The number of amides is 1. The van der Waals surface area contributed by atoms with Crippen LogP contribution in [0.15, 0.2) is 72.9 Å². The highest BCUT2D eigenvalue weighted by Gasteiger charge is 2.33. The molecule has 5 rings (SSSR count). The minimum absolute atomic E-state index is 0.148. The fourth-order valence-corrected chi connectivity index (χ4v) is 4.93. The highest BCUT2D eigenvalue weighted by Crippen LogP contribution is 2.41. The Kier molecular flexibility index (Phi) is 5.78. The molecule has 0 radical (unpaired) electrons. The number of nitrogens with zero attached hydrogens (tertiary/aromatic N) is 1. The van der Waals surface area contributed by atoms with E-state index in [9.17, 15) is 4.79 Å². The van der Waals surface area contributed by atoms with Crippen LogP contribution in [0.5, 0.6) is 11.5 Å². The van der Waals surface area contributed by atoms with Crippen LogP contribution in [0.3, 0.4) is 0 Å². The van der Waals surface area contributed by atoms with Crippen LogP contribution in [0.25, 0.3) is 10.9 Å². The van der Waals surface area contributed by atoms with Crippen molar-refractivity contribution in [3.05, 3.63) is 95.2 Å². The maximum Gasteiger partial charge on any atom is 0.223 e. The highest BCUT2D eigenvalue weighted by molar-refractivity contribution is 5.84. The number of H-pyrrole nitrogens is 1. The molecular formula is C28H28N2O3. The van der Waals surface area contributed by atoms with E-state index in [1.165, 1.54) is 16.5 Å². The van der Waals surface area contributed by atoms with Crippen LogP contribution in [0, 0.1) is 0 Å². The molecule has 2 heterocycles. The summed E-state index contributed by atoms with van der Waals surface area (Å²) in [6.45, 7) is 0.675. The lowest BCUT2D eigenvalue weighted by Crippen LogP contribution is -2.40. The molecule has 0 fully saturated rings. The van der Waals surface area contributed by atoms with Gasteiger partial charge in [0.05, 0.1) is 20.3 Å². The van der Waals surface area contributed by atoms with Crippen molar-refractivity contribution in [3.8, 4) is 11.5 Å². The summed E-state index contributed by atoms with van der Waals surface area (Å²) in [7, 11) is 3.30. The van der Waals surface area contributed by atoms with Gasteiger partial charge in [-0.3, -0.25) is 4.79 Å². The van der Waals surface area contributed by atoms with E-state index >= 15 is 0 Å². The average molecular weight is 441 g/mol. The van der Waals surface area contributed by atoms with Gasteiger partial charge in [-0.15, -0.1) is 0 Å². The summed E-state index contributed by atoms with van der Waals surface area (Å²) in [6.07, 6.45) is 3.99. The molecule has 168 valence electrons. The quantitative estimate of drug-likeness (QED) is 0.443. The Balaban J connectivity index is 1.46. The van der Waals surface area contributed by atoms with Gasteiger partial charge >= 0.3 is 0 Å². The molecule has 4 aromatic rings. The van der Waals surface area contributed by atoms with Gasteiger partial charge in [0.2, 0.25) is 5.91 Å². The predicted octanol–water partition coefficient (Wildman–Crippen LogP) is 5.29. The van der Waals surface area contributed by atoms with Gasteiger partial charge in [-0.25, -0.2) is 0 Å². The van der Waals surface area contributed by atoms with E-state index in [0.29, 0.717) is 25.1 Å². The Labute approximate surface area is 193 Å². The fourth-order valence-electron chi connectivity index (χ4n) is 4.93. The second-order valence-corrected chi connectivity index (χ2v) is 8.42. The molecule has 0 saturated carbocycles. The molecule has 5 heteroatoms. The first kappa shape index (κ1) is 21.1. The molecule has 0 bridgehead atoms. The number of methoxy groups -OCH3 is 2. The summed E-state index contributed by atoms with van der Waals surface area (Å²) < 4.78 is 11.1. The minimum atomic E-state index is -0.148. The zero-order valence-electron chi connectivity index (χ0n) is 19.0. The molecule has 0 aliphatic carbocycles. The van der Waals surface area contributed by atoms with E-state index < -0.39 is 0 Å². The number of hydrogen-bond donors (Lipinski definition) is 1. The van der Waals surface area contributed by atoms with Crippen LogP contribution < -0.4 is 9.47 Å². The summed E-state index contributed by atoms with van der Waals surface area (Å²) in [5.41, 5.74) is 5.69. The number of fused-ring (bicyclic) bond motifs is 2. The van der Waals surface area contributed by atoms with E-state index in [-0.39, 0.29) is 11.9 Å². The summed E-state index contributed by atoms with van der Waals surface area (Å²) in [6, 6.07) is 22.4. The molecule has 0 unspecified atom stereocenters. The zero-order chi connectivity index (χ0) is 22.8. The lowest BCUT2D eigenvalue weighted by molar-refractivity contribution is -0.133. The van der Waals surface area contributed by atoms with Crippen molar-refractivity contribution >= 4 is 16.8 Å². The van der Waals surface area contributed by atoms with Gasteiger partial charge in [-0.2, -0.15) is 0 Å². The minimum Gasteiger partial charge on any atom is -0.493 e. The summed E-state index contributed by atoms with van der Waals surface area (Å²) >= 11 is 0. The SMILES string of the molecule is COc1cc2c(cc1OC)[C@@H](c1ccccc1)N(C(=O)CCc1c[nH]c3ccccc13)CC2. The summed E-state index contributed by atoms with van der Waals surface area (Å²) in [5, 5.41) is 1.19. The average Bonchev–Trinajstić information content (AvgIpc) is 3.29. The van der Waals surface area contributed by atoms with Crippen molar-refractivity contribution in [2.75, 3.05) is 20.8 Å². The number of ether oxygens (including phenoxy) is 2. The summed E-state index contributed by atoms with van der Waals surface area (Å²) in [4.78, 5) is 18.9. The topological polar surface area (TPSA) is 54.6 Å².